The lowest BCUT2D eigenvalue weighted by molar-refractivity contribution is 0.0318. The minimum absolute atomic E-state index is 0.360. The average Bonchev–Trinajstić information content (AvgIpc) is 2.39. The molecule has 2 saturated heterocycles. The molecule has 0 aromatic rings. The Morgan fingerprint density at radius 3 is 2.71 bits per heavy atom. The first-order chi connectivity index (χ1) is 8.38. The molecule has 0 amide bonds. The lowest BCUT2D eigenvalue weighted by atomic mass is 10.1. The van der Waals surface area contributed by atoms with Crippen molar-refractivity contribution >= 4 is 0 Å². The van der Waals surface area contributed by atoms with E-state index in [9.17, 15) is 0 Å². The van der Waals surface area contributed by atoms with Crippen molar-refractivity contribution in [3.05, 3.63) is 0 Å². The molecule has 0 aromatic heterocycles. The van der Waals surface area contributed by atoms with Crippen LogP contribution in [0.4, 0.5) is 0 Å². The zero-order valence-electron chi connectivity index (χ0n) is 10.4. The van der Waals surface area contributed by atoms with Crippen LogP contribution in [0.25, 0.3) is 0 Å². The van der Waals surface area contributed by atoms with Gasteiger partial charge in [0.15, 0.2) is 0 Å². The highest BCUT2D eigenvalue weighted by Gasteiger charge is 2.19. The molecule has 2 aliphatic rings. The van der Waals surface area contributed by atoms with E-state index in [0.717, 1.165) is 59.0 Å². The minimum atomic E-state index is 0.360. The van der Waals surface area contributed by atoms with Gasteiger partial charge in [0.1, 0.15) is 0 Å². The van der Waals surface area contributed by atoms with E-state index in [1.165, 1.54) is 0 Å². The fraction of sp³-hybridized carbons (Fsp3) is 0.917. The van der Waals surface area contributed by atoms with Crippen LogP contribution in [-0.4, -0.2) is 74.9 Å². The number of piperazine rings is 1. The Morgan fingerprint density at radius 2 is 1.94 bits per heavy atom. The van der Waals surface area contributed by atoms with Crippen molar-refractivity contribution in [1.29, 1.82) is 5.26 Å². The molecular weight excluding hydrogens is 216 g/mol. The van der Waals surface area contributed by atoms with Gasteiger partial charge >= 0.3 is 0 Å². The first-order valence-electron chi connectivity index (χ1n) is 6.51. The predicted molar refractivity (Wildman–Crippen MR) is 65.7 cm³/mol. The molecule has 0 aromatic carbocycles. The summed E-state index contributed by atoms with van der Waals surface area (Å²) in [5, 5.41) is 12.1. The normalized spacial score (nSPS) is 27.8. The van der Waals surface area contributed by atoms with Crippen LogP contribution in [0, 0.1) is 11.3 Å². The van der Waals surface area contributed by atoms with Gasteiger partial charge in [0.05, 0.1) is 25.7 Å². The number of ether oxygens (including phenoxy) is 1. The summed E-state index contributed by atoms with van der Waals surface area (Å²) in [4.78, 5) is 4.93. The van der Waals surface area contributed by atoms with E-state index < -0.39 is 0 Å². The second kappa shape index (κ2) is 6.92. The van der Waals surface area contributed by atoms with E-state index in [1.54, 1.807) is 0 Å². The number of hydrogen-bond donors (Lipinski definition) is 1. The largest absolute Gasteiger partial charge is 0.379 e. The lowest BCUT2D eigenvalue weighted by Crippen LogP contribution is -2.52. The van der Waals surface area contributed by atoms with E-state index in [1.807, 2.05) is 0 Å². The molecule has 2 fully saturated rings. The maximum atomic E-state index is 8.71. The highest BCUT2D eigenvalue weighted by Crippen LogP contribution is 2.03. The van der Waals surface area contributed by atoms with Gasteiger partial charge in [-0.3, -0.25) is 9.80 Å². The smallest absolute Gasteiger partial charge is 0.0638 e. The third-order valence-electron chi connectivity index (χ3n) is 3.51. The predicted octanol–water partition coefficient (Wildman–Crippen LogP) is -0.494. The third-order valence-corrected chi connectivity index (χ3v) is 3.51. The van der Waals surface area contributed by atoms with E-state index in [-0.39, 0.29) is 0 Å². The maximum Gasteiger partial charge on any atom is 0.0638 e. The number of morpholine rings is 1. The molecule has 1 unspecified atom stereocenters. The Bertz CT molecular complexity index is 260. The molecule has 0 aliphatic carbocycles. The van der Waals surface area contributed by atoms with Crippen LogP contribution in [-0.2, 0) is 4.74 Å². The van der Waals surface area contributed by atoms with Crippen LogP contribution in [0.5, 0.6) is 0 Å². The highest BCUT2D eigenvalue weighted by molar-refractivity contribution is 4.86. The Labute approximate surface area is 103 Å². The molecule has 2 rings (SSSR count). The summed E-state index contributed by atoms with van der Waals surface area (Å²) >= 11 is 0. The Hall–Kier alpha value is -0.670. The van der Waals surface area contributed by atoms with Gasteiger partial charge in [-0.05, 0) is 0 Å². The number of rotatable bonds is 4. The summed E-state index contributed by atoms with van der Waals surface area (Å²) in [5.74, 6) is 0. The van der Waals surface area contributed by atoms with Crippen LogP contribution < -0.4 is 5.32 Å². The Balaban J connectivity index is 1.66. The van der Waals surface area contributed by atoms with Crippen molar-refractivity contribution in [1.82, 2.24) is 15.1 Å². The van der Waals surface area contributed by atoms with Gasteiger partial charge in [-0.1, -0.05) is 0 Å². The number of nitrogens with zero attached hydrogens (tertiary/aromatic N) is 3. The molecule has 5 nitrogen and oxygen atoms in total. The fourth-order valence-electron chi connectivity index (χ4n) is 2.45. The van der Waals surface area contributed by atoms with E-state index in [2.05, 4.69) is 21.2 Å². The van der Waals surface area contributed by atoms with Gasteiger partial charge in [-0.2, -0.15) is 5.26 Å². The molecule has 17 heavy (non-hydrogen) atoms. The number of hydrogen-bond acceptors (Lipinski definition) is 5. The quantitative estimate of drug-likeness (QED) is 0.716. The second-order valence-electron chi connectivity index (χ2n) is 4.77. The van der Waals surface area contributed by atoms with E-state index in [0.29, 0.717) is 12.5 Å². The maximum absolute atomic E-state index is 8.71. The summed E-state index contributed by atoms with van der Waals surface area (Å²) in [6, 6.07) is 2.61. The average molecular weight is 238 g/mol. The standard InChI is InChI=1S/C12H22N4O/c13-2-1-12-11-16(4-3-14-12)6-5-15-7-9-17-10-8-15/h12,14H,1,3-11H2. The summed E-state index contributed by atoms with van der Waals surface area (Å²) in [5.41, 5.74) is 0. The van der Waals surface area contributed by atoms with Crippen LogP contribution in [0.3, 0.4) is 0 Å². The summed E-state index contributed by atoms with van der Waals surface area (Å²) in [6.45, 7) is 9.24. The molecule has 96 valence electrons. The van der Waals surface area contributed by atoms with Crippen molar-refractivity contribution in [2.75, 3.05) is 59.0 Å². The summed E-state index contributed by atoms with van der Waals surface area (Å²) in [6.07, 6.45) is 0.619. The van der Waals surface area contributed by atoms with Gasteiger partial charge in [0, 0.05) is 51.9 Å². The molecule has 1 atom stereocenters. The monoisotopic (exact) mass is 238 g/mol. The first-order valence-corrected chi connectivity index (χ1v) is 6.51. The van der Waals surface area contributed by atoms with E-state index >= 15 is 0 Å². The Morgan fingerprint density at radius 1 is 1.18 bits per heavy atom. The minimum Gasteiger partial charge on any atom is -0.379 e. The fourth-order valence-corrected chi connectivity index (χ4v) is 2.45. The van der Waals surface area contributed by atoms with Crippen molar-refractivity contribution in [3.63, 3.8) is 0 Å². The summed E-state index contributed by atoms with van der Waals surface area (Å²) < 4.78 is 5.34. The molecular formula is C12H22N4O. The second-order valence-corrected chi connectivity index (χ2v) is 4.77. The molecule has 0 spiro atoms. The molecule has 0 radical (unpaired) electrons. The summed E-state index contributed by atoms with van der Waals surface area (Å²) in [7, 11) is 0. The van der Waals surface area contributed by atoms with Crippen molar-refractivity contribution in [2.45, 2.75) is 12.5 Å². The van der Waals surface area contributed by atoms with Gasteiger partial charge in [0.2, 0.25) is 0 Å². The zero-order chi connectivity index (χ0) is 11.9. The van der Waals surface area contributed by atoms with Crippen LogP contribution in [0.15, 0.2) is 0 Å². The molecule has 5 heteroatoms. The van der Waals surface area contributed by atoms with Crippen LogP contribution in [0.1, 0.15) is 6.42 Å². The van der Waals surface area contributed by atoms with Crippen molar-refractivity contribution in [2.24, 2.45) is 0 Å². The first kappa shape index (κ1) is 12.8. The van der Waals surface area contributed by atoms with Crippen LogP contribution >= 0.6 is 0 Å². The Kier molecular flexibility index (Phi) is 5.20. The number of nitrogens with one attached hydrogen (secondary N) is 1. The molecule has 2 heterocycles. The van der Waals surface area contributed by atoms with Gasteiger partial charge < -0.3 is 10.1 Å². The number of nitriles is 1. The molecule has 0 bridgehead atoms. The lowest BCUT2D eigenvalue weighted by Gasteiger charge is -2.35. The topological polar surface area (TPSA) is 51.5 Å². The molecule has 0 saturated carbocycles. The van der Waals surface area contributed by atoms with Gasteiger partial charge in [0.25, 0.3) is 0 Å². The third kappa shape index (κ3) is 4.25. The van der Waals surface area contributed by atoms with E-state index in [4.69, 9.17) is 10.00 Å². The molecule has 1 N–H and O–H groups in total. The SMILES string of the molecule is N#CCC1CN(CCN2CCOCC2)CCN1. The van der Waals surface area contributed by atoms with Gasteiger partial charge in [-0.15, -0.1) is 0 Å². The van der Waals surface area contributed by atoms with Crippen molar-refractivity contribution < 1.29 is 4.74 Å². The highest BCUT2D eigenvalue weighted by atomic mass is 16.5. The van der Waals surface area contributed by atoms with Crippen LogP contribution in [0.2, 0.25) is 0 Å². The molecule has 2 aliphatic heterocycles. The zero-order valence-corrected chi connectivity index (χ0v) is 10.4. The van der Waals surface area contributed by atoms with Crippen molar-refractivity contribution in [3.8, 4) is 6.07 Å². The van der Waals surface area contributed by atoms with Gasteiger partial charge in [-0.25, -0.2) is 0 Å².